The summed E-state index contributed by atoms with van der Waals surface area (Å²) in [5.74, 6) is -2.31. The Bertz CT molecular complexity index is 1450. The number of halogens is 3. The minimum Gasteiger partial charge on any atom is -0.487 e. The van der Waals surface area contributed by atoms with Crippen LogP contribution in [0.4, 0.5) is 18.9 Å². The SMILES string of the molecule is COCOC(=O)c1ccc(COc2cc(C(F)(F)F)ccc2N(C(OC)C(=O)OC)S(=O)(=O)c2ccccc2)cc1. The summed E-state index contributed by atoms with van der Waals surface area (Å²) < 4.78 is 94.0. The number of esters is 2. The van der Waals surface area contributed by atoms with Gasteiger partial charge < -0.3 is 23.7 Å². The van der Waals surface area contributed by atoms with Gasteiger partial charge in [0.15, 0.2) is 6.79 Å². The van der Waals surface area contributed by atoms with Crippen LogP contribution < -0.4 is 9.04 Å². The fraction of sp³-hybridized carbons (Fsp3) is 0.259. The third-order valence-electron chi connectivity index (χ3n) is 5.56. The summed E-state index contributed by atoms with van der Waals surface area (Å²) in [6.07, 6.45) is -6.71. The summed E-state index contributed by atoms with van der Waals surface area (Å²) in [7, 11) is -1.22. The molecule has 0 aromatic heterocycles. The Morgan fingerprint density at radius 1 is 0.927 bits per heavy atom. The lowest BCUT2D eigenvalue weighted by atomic mass is 10.1. The van der Waals surface area contributed by atoms with E-state index in [4.69, 9.17) is 18.9 Å². The van der Waals surface area contributed by atoms with Gasteiger partial charge in [-0.15, -0.1) is 0 Å². The number of sulfonamides is 1. The highest BCUT2D eigenvalue weighted by atomic mass is 32.2. The molecule has 1 atom stereocenters. The van der Waals surface area contributed by atoms with Gasteiger partial charge in [-0.1, -0.05) is 30.3 Å². The molecule has 14 heteroatoms. The van der Waals surface area contributed by atoms with Gasteiger partial charge in [-0.2, -0.15) is 13.2 Å². The molecule has 0 bridgehead atoms. The largest absolute Gasteiger partial charge is 0.487 e. The summed E-state index contributed by atoms with van der Waals surface area (Å²) >= 11 is 0. The lowest BCUT2D eigenvalue weighted by Crippen LogP contribution is -2.47. The summed E-state index contributed by atoms with van der Waals surface area (Å²) in [6.45, 7) is -0.588. The fourth-order valence-electron chi connectivity index (χ4n) is 3.56. The van der Waals surface area contributed by atoms with Crippen LogP contribution in [-0.2, 0) is 46.5 Å². The van der Waals surface area contributed by atoms with E-state index in [1.54, 1.807) is 6.07 Å². The van der Waals surface area contributed by atoms with Crippen LogP contribution in [0.2, 0.25) is 0 Å². The highest BCUT2D eigenvalue weighted by Crippen LogP contribution is 2.40. The van der Waals surface area contributed by atoms with Gasteiger partial charge in [0.25, 0.3) is 10.0 Å². The van der Waals surface area contributed by atoms with Crippen molar-refractivity contribution >= 4 is 27.6 Å². The van der Waals surface area contributed by atoms with Gasteiger partial charge in [0, 0.05) is 14.2 Å². The zero-order valence-electron chi connectivity index (χ0n) is 22.1. The van der Waals surface area contributed by atoms with Gasteiger partial charge in [-0.25, -0.2) is 22.3 Å². The highest BCUT2D eigenvalue weighted by Gasteiger charge is 2.40. The zero-order chi connectivity index (χ0) is 30.2. The van der Waals surface area contributed by atoms with E-state index in [1.807, 2.05) is 0 Å². The third kappa shape index (κ3) is 7.54. The van der Waals surface area contributed by atoms with E-state index in [2.05, 4.69) is 4.74 Å². The molecular weight excluding hydrogens is 571 g/mol. The molecule has 0 radical (unpaired) electrons. The minimum atomic E-state index is -4.80. The molecule has 41 heavy (non-hydrogen) atoms. The lowest BCUT2D eigenvalue weighted by molar-refractivity contribution is -0.151. The molecule has 0 N–H and O–H groups in total. The van der Waals surface area contributed by atoms with E-state index in [1.165, 1.54) is 55.6 Å². The highest BCUT2D eigenvalue weighted by molar-refractivity contribution is 7.93. The molecule has 0 amide bonds. The predicted molar refractivity (Wildman–Crippen MR) is 138 cm³/mol. The molecule has 1 unspecified atom stereocenters. The number of nitrogens with zero attached hydrogens (tertiary/aromatic N) is 1. The van der Waals surface area contributed by atoms with Crippen molar-refractivity contribution in [3.63, 3.8) is 0 Å². The Morgan fingerprint density at radius 3 is 2.15 bits per heavy atom. The van der Waals surface area contributed by atoms with Crippen molar-refractivity contribution in [1.82, 2.24) is 0 Å². The molecule has 0 spiro atoms. The van der Waals surface area contributed by atoms with Gasteiger partial charge in [0.1, 0.15) is 12.4 Å². The van der Waals surface area contributed by atoms with Crippen LogP contribution in [0.5, 0.6) is 5.75 Å². The number of anilines is 1. The molecule has 10 nitrogen and oxygen atoms in total. The lowest BCUT2D eigenvalue weighted by Gasteiger charge is -2.31. The molecule has 0 heterocycles. The van der Waals surface area contributed by atoms with Crippen molar-refractivity contribution in [2.45, 2.75) is 23.9 Å². The van der Waals surface area contributed by atoms with Crippen molar-refractivity contribution in [1.29, 1.82) is 0 Å². The molecule has 0 aliphatic carbocycles. The molecule has 0 aliphatic rings. The van der Waals surface area contributed by atoms with Gasteiger partial charge in [-0.05, 0) is 48.0 Å². The van der Waals surface area contributed by atoms with Crippen LogP contribution >= 0.6 is 0 Å². The van der Waals surface area contributed by atoms with E-state index >= 15 is 0 Å². The van der Waals surface area contributed by atoms with Crippen LogP contribution in [0.1, 0.15) is 21.5 Å². The molecule has 3 aromatic carbocycles. The molecule has 0 fully saturated rings. The van der Waals surface area contributed by atoms with Crippen molar-refractivity contribution in [3.05, 3.63) is 89.5 Å². The second-order valence-electron chi connectivity index (χ2n) is 8.23. The number of benzene rings is 3. The first kappa shape index (κ1) is 31.4. The number of ether oxygens (including phenoxy) is 5. The molecule has 0 aliphatic heterocycles. The quantitative estimate of drug-likeness (QED) is 0.221. The van der Waals surface area contributed by atoms with E-state index in [9.17, 15) is 31.2 Å². The summed E-state index contributed by atoms with van der Waals surface area (Å²) in [4.78, 5) is 24.3. The maximum Gasteiger partial charge on any atom is 0.416 e. The van der Waals surface area contributed by atoms with Gasteiger partial charge in [0.05, 0.1) is 28.8 Å². The first-order valence-corrected chi connectivity index (χ1v) is 13.2. The summed E-state index contributed by atoms with van der Waals surface area (Å²) in [5.41, 5.74) is -0.937. The molecule has 0 saturated heterocycles. The number of carbonyl (C=O) groups excluding carboxylic acids is 2. The number of hydrogen-bond acceptors (Lipinski definition) is 9. The average Bonchev–Trinajstić information content (AvgIpc) is 2.97. The zero-order valence-corrected chi connectivity index (χ0v) is 22.9. The number of alkyl halides is 3. The molecule has 3 aromatic rings. The smallest absolute Gasteiger partial charge is 0.416 e. The maximum absolute atomic E-state index is 13.7. The van der Waals surface area contributed by atoms with Crippen molar-refractivity contribution in [3.8, 4) is 5.75 Å². The first-order chi connectivity index (χ1) is 19.4. The topological polar surface area (TPSA) is 118 Å². The fourth-order valence-corrected chi connectivity index (χ4v) is 5.12. The average molecular weight is 598 g/mol. The van der Waals surface area contributed by atoms with Crippen molar-refractivity contribution in [2.24, 2.45) is 0 Å². The van der Waals surface area contributed by atoms with Gasteiger partial charge in [-0.3, -0.25) is 0 Å². The number of methoxy groups -OCH3 is 3. The van der Waals surface area contributed by atoms with E-state index in [-0.39, 0.29) is 23.9 Å². The van der Waals surface area contributed by atoms with Crippen LogP contribution in [0.25, 0.3) is 0 Å². The second kappa shape index (κ2) is 13.5. The van der Waals surface area contributed by atoms with Crippen molar-refractivity contribution < 1.29 is 54.9 Å². The third-order valence-corrected chi connectivity index (χ3v) is 7.33. The van der Waals surface area contributed by atoms with Crippen molar-refractivity contribution in [2.75, 3.05) is 32.4 Å². The molecule has 3 rings (SSSR count). The number of hydrogen-bond donors (Lipinski definition) is 0. The maximum atomic E-state index is 13.7. The van der Waals surface area contributed by atoms with Gasteiger partial charge >= 0.3 is 18.1 Å². The summed E-state index contributed by atoms with van der Waals surface area (Å²) in [5, 5.41) is 0. The first-order valence-electron chi connectivity index (χ1n) is 11.7. The normalized spacial score (nSPS) is 12.3. The Hall–Kier alpha value is -4.14. The standard InChI is InChI=1S/C27H26F3NO9S/c1-36-17-40-25(32)19-11-9-18(10-12-19)16-39-23-15-20(27(28,29)30)13-14-22(23)31(24(37-2)26(33)38-3)41(34,35)21-7-5-4-6-8-21/h4-15,24H,16-17H2,1-3H3. The Labute approximate surface area is 234 Å². The predicted octanol–water partition coefficient (Wildman–Crippen LogP) is 4.39. The van der Waals surface area contributed by atoms with E-state index in [0.717, 1.165) is 20.3 Å². The number of rotatable bonds is 12. The monoisotopic (exact) mass is 597 g/mol. The Balaban J connectivity index is 2.09. The van der Waals surface area contributed by atoms with Crippen LogP contribution in [0, 0.1) is 0 Å². The summed E-state index contributed by atoms with van der Waals surface area (Å²) in [6, 6.07) is 14.8. The molecular formula is C27H26F3NO9S. The van der Waals surface area contributed by atoms with E-state index in [0.29, 0.717) is 22.0 Å². The van der Waals surface area contributed by atoms with Crippen LogP contribution in [-0.4, -0.2) is 54.7 Å². The second-order valence-corrected chi connectivity index (χ2v) is 10.0. The minimum absolute atomic E-state index is 0.187. The molecule has 0 saturated carbocycles. The Morgan fingerprint density at radius 2 is 1.59 bits per heavy atom. The molecule has 220 valence electrons. The van der Waals surface area contributed by atoms with Crippen LogP contribution in [0.3, 0.4) is 0 Å². The van der Waals surface area contributed by atoms with Gasteiger partial charge in [0.2, 0.25) is 6.23 Å². The Kier molecular flexibility index (Phi) is 10.3. The number of carbonyl (C=O) groups is 2. The van der Waals surface area contributed by atoms with E-state index < -0.39 is 51.4 Å². The van der Waals surface area contributed by atoms with Crippen LogP contribution in [0.15, 0.2) is 77.7 Å².